The summed E-state index contributed by atoms with van der Waals surface area (Å²) in [5.74, 6) is 0.792. The zero-order chi connectivity index (χ0) is 22.0. The number of benzene rings is 2. The average Bonchev–Trinajstić information content (AvgIpc) is 3.28. The zero-order valence-electron chi connectivity index (χ0n) is 16.9. The van der Waals surface area contributed by atoms with Gasteiger partial charge in [-0.2, -0.15) is 0 Å². The van der Waals surface area contributed by atoms with E-state index in [0.29, 0.717) is 23.6 Å². The maximum Gasteiger partial charge on any atom is 0.124 e. The fourth-order valence-electron chi connectivity index (χ4n) is 3.99. The van der Waals surface area contributed by atoms with E-state index in [2.05, 4.69) is 0 Å². The van der Waals surface area contributed by atoms with Crippen molar-refractivity contribution in [3.05, 3.63) is 64.2 Å². The Kier molecular flexibility index (Phi) is 7.13. The van der Waals surface area contributed by atoms with Crippen LogP contribution < -0.4 is 4.74 Å². The maximum atomic E-state index is 10.4. The van der Waals surface area contributed by atoms with Crippen molar-refractivity contribution in [1.29, 1.82) is 0 Å². The van der Waals surface area contributed by atoms with Crippen molar-refractivity contribution in [2.45, 2.75) is 49.5 Å². The smallest absolute Gasteiger partial charge is 0.124 e. The van der Waals surface area contributed by atoms with Crippen LogP contribution in [-0.4, -0.2) is 70.8 Å². The third-order valence-electron chi connectivity index (χ3n) is 5.80. The van der Waals surface area contributed by atoms with Gasteiger partial charge in [-0.15, -0.1) is 0 Å². The summed E-state index contributed by atoms with van der Waals surface area (Å²) in [6.45, 7) is 0.872. The molecule has 2 heterocycles. The molecule has 2 aliphatic rings. The van der Waals surface area contributed by atoms with Gasteiger partial charge >= 0.3 is 0 Å². The average molecular weight is 451 g/mol. The lowest BCUT2D eigenvalue weighted by atomic mass is 9.90. The minimum atomic E-state index is -1.42. The molecule has 0 amide bonds. The highest BCUT2D eigenvalue weighted by Crippen LogP contribution is 2.34. The highest BCUT2D eigenvalue weighted by atomic mass is 35.5. The van der Waals surface area contributed by atoms with E-state index in [0.717, 1.165) is 29.9 Å². The Morgan fingerprint density at radius 2 is 1.77 bits per heavy atom. The van der Waals surface area contributed by atoms with Crippen molar-refractivity contribution < 1.29 is 34.6 Å². The molecule has 2 aromatic carbocycles. The van der Waals surface area contributed by atoms with Crippen LogP contribution in [0.25, 0.3) is 0 Å². The molecule has 31 heavy (non-hydrogen) atoms. The Morgan fingerprint density at radius 1 is 1.00 bits per heavy atom. The third kappa shape index (κ3) is 5.04. The van der Waals surface area contributed by atoms with Gasteiger partial charge in [-0.05, 0) is 41.3 Å². The molecule has 7 nitrogen and oxygen atoms in total. The molecule has 0 saturated carbocycles. The van der Waals surface area contributed by atoms with Crippen molar-refractivity contribution in [3.8, 4) is 5.75 Å². The molecule has 2 unspecified atom stereocenters. The molecule has 8 heteroatoms. The van der Waals surface area contributed by atoms with Gasteiger partial charge < -0.3 is 34.6 Å². The zero-order valence-corrected chi connectivity index (χ0v) is 17.7. The summed E-state index contributed by atoms with van der Waals surface area (Å²) in [5.41, 5.74) is 2.47. The van der Waals surface area contributed by atoms with Gasteiger partial charge in [-0.3, -0.25) is 0 Å². The highest BCUT2D eigenvalue weighted by Gasteiger charge is 2.44. The predicted octanol–water partition coefficient (Wildman–Crippen LogP) is 1.61. The topological polar surface area (TPSA) is 109 Å². The first kappa shape index (κ1) is 22.5. The lowest BCUT2D eigenvalue weighted by Crippen LogP contribution is -2.55. The minimum Gasteiger partial charge on any atom is -0.488 e. The van der Waals surface area contributed by atoms with Crippen LogP contribution in [0, 0.1) is 0 Å². The van der Waals surface area contributed by atoms with Crippen LogP contribution >= 0.6 is 11.6 Å². The summed E-state index contributed by atoms with van der Waals surface area (Å²) >= 11 is 6.40. The second-order valence-electron chi connectivity index (χ2n) is 8.02. The molecular weight excluding hydrogens is 424 g/mol. The summed E-state index contributed by atoms with van der Waals surface area (Å²) in [6.07, 6.45) is -4.46. The quantitative estimate of drug-likeness (QED) is 0.529. The van der Waals surface area contributed by atoms with Gasteiger partial charge in [0.15, 0.2) is 0 Å². The van der Waals surface area contributed by atoms with Gasteiger partial charge in [0.1, 0.15) is 42.4 Å². The number of aliphatic hydroxyl groups excluding tert-OH is 4. The van der Waals surface area contributed by atoms with Gasteiger partial charge in [0.05, 0.1) is 19.8 Å². The molecule has 0 aromatic heterocycles. The first-order valence-electron chi connectivity index (χ1n) is 10.4. The minimum absolute atomic E-state index is 0.0931. The predicted molar refractivity (Wildman–Crippen MR) is 113 cm³/mol. The Bertz CT molecular complexity index is 867. The summed E-state index contributed by atoms with van der Waals surface area (Å²) in [7, 11) is 0. The normalized spacial score (nSPS) is 31.0. The molecule has 2 saturated heterocycles. The Morgan fingerprint density at radius 3 is 2.45 bits per heavy atom. The van der Waals surface area contributed by atoms with Crippen LogP contribution in [0.1, 0.15) is 29.2 Å². The van der Waals surface area contributed by atoms with E-state index in [9.17, 15) is 20.4 Å². The number of aliphatic hydroxyl groups is 4. The molecule has 0 spiro atoms. The van der Waals surface area contributed by atoms with Gasteiger partial charge in [-0.25, -0.2) is 0 Å². The van der Waals surface area contributed by atoms with Crippen LogP contribution in [0.15, 0.2) is 42.5 Å². The molecule has 6 atom stereocenters. The van der Waals surface area contributed by atoms with Gasteiger partial charge in [0.2, 0.25) is 0 Å². The van der Waals surface area contributed by atoms with Crippen LogP contribution in [0.2, 0.25) is 5.02 Å². The summed E-state index contributed by atoms with van der Waals surface area (Å²) < 4.78 is 16.9. The number of halogens is 1. The molecule has 0 bridgehead atoms. The molecule has 4 rings (SSSR count). The van der Waals surface area contributed by atoms with Crippen LogP contribution in [0.5, 0.6) is 5.75 Å². The molecule has 0 aliphatic carbocycles. The van der Waals surface area contributed by atoms with Crippen LogP contribution in [0.4, 0.5) is 0 Å². The second kappa shape index (κ2) is 9.83. The van der Waals surface area contributed by atoms with Crippen molar-refractivity contribution in [2.75, 3.05) is 19.8 Å². The van der Waals surface area contributed by atoms with Gasteiger partial charge in [-0.1, -0.05) is 35.9 Å². The van der Waals surface area contributed by atoms with Gasteiger partial charge in [0.25, 0.3) is 0 Å². The van der Waals surface area contributed by atoms with Crippen molar-refractivity contribution in [1.82, 2.24) is 0 Å². The Hall–Kier alpha value is -1.71. The van der Waals surface area contributed by atoms with Crippen molar-refractivity contribution >= 4 is 11.6 Å². The highest BCUT2D eigenvalue weighted by molar-refractivity contribution is 6.31. The monoisotopic (exact) mass is 450 g/mol. The van der Waals surface area contributed by atoms with E-state index in [1.54, 1.807) is 12.1 Å². The first-order chi connectivity index (χ1) is 15.0. The molecule has 168 valence electrons. The van der Waals surface area contributed by atoms with E-state index in [1.807, 2.05) is 30.3 Å². The lowest BCUT2D eigenvalue weighted by molar-refractivity contribution is -0.231. The number of hydrogen-bond acceptors (Lipinski definition) is 7. The van der Waals surface area contributed by atoms with E-state index in [1.165, 1.54) is 0 Å². The fourth-order valence-corrected chi connectivity index (χ4v) is 4.17. The fraction of sp³-hybridized carbons (Fsp3) is 0.478. The molecule has 2 fully saturated rings. The standard InChI is InChI=1S/C23H27ClO7/c24-18-6-3-14(23-22(28)21(27)20(26)19(11-25)31-23)10-15(18)9-13-1-4-16(5-2-13)30-17-7-8-29-12-17/h1-6,10,17,19-23,25-28H,7-9,11-12H2/t17-,19?,20+,21+,22?,23-/m0/s1. The summed E-state index contributed by atoms with van der Waals surface area (Å²) in [4.78, 5) is 0. The number of ether oxygens (including phenoxy) is 3. The molecule has 2 aliphatic heterocycles. The van der Waals surface area contributed by atoms with Gasteiger partial charge in [0, 0.05) is 11.4 Å². The summed E-state index contributed by atoms with van der Waals surface area (Å²) in [6, 6.07) is 13.0. The van der Waals surface area contributed by atoms with E-state index < -0.39 is 37.1 Å². The molecule has 4 N–H and O–H groups in total. The van der Waals surface area contributed by atoms with Crippen LogP contribution in [-0.2, 0) is 15.9 Å². The van der Waals surface area contributed by atoms with Crippen molar-refractivity contribution in [3.63, 3.8) is 0 Å². The second-order valence-corrected chi connectivity index (χ2v) is 8.43. The Labute approximate surface area is 185 Å². The summed E-state index contributed by atoms with van der Waals surface area (Å²) in [5, 5.41) is 40.5. The Balaban J connectivity index is 1.49. The first-order valence-corrected chi connectivity index (χ1v) is 10.8. The van der Waals surface area contributed by atoms with Crippen molar-refractivity contribution in [2.24, 2.45) is 0 Å². The van der Waals surface area contributed by atoms with E-state index in [-0.39, 0.29) is 6.10 Å². The largest absolute Gasteiger partial charge is 0.488 e. The number of hydrogen-bond donors (Lipinski definition) is 4. The molecule has 0 radical (unpaired) electrons. The van der Waals surface area contributed by atoms with E-state index >= 15 is 0 Å². The lowest BCUT2D eigenvalue weighted by Gasteiger charge is -2.40. The van der Waals surface area contributed by atoms with Crippen LogP contribution in [0.3, 0.4) is 0 Å². The SMILES string of the molecule is OCC1O[C@@H](c2ccc(Cl)c(Cc3ccc(O[C@H]4CCOC4)cc3)c2)C(O)[C@H](O)[C@@H]1O. The third-order valence-corrected chi connectivity index (χ3v) is 6.17. The maximum absolute atomic E-state index is 10.4. The number of rotatable bonds is 6. The molecular formula is C23H27ClO7. The molecule has 2 aromatic rings. The van der Waals surface area contributed by atoms with E-state index in [4.69, 9.17) is 25.8 Å².